The number of allylic oxidation sites excluding steroid dienone is 2. The molecule has 3 fully saturated rings. The number of aliphatic hydroxyl groups excluding tert-OH is 9. The number of unbranched alkanes of at least 4 members (excludes halogenated alkanes) is 50. The van der Waals surface area contributed by atoms with Gasteiger partial charge in [0.05, 0.1) is 13.2 Å². The van der Waals surface area contributed by atoms with Crippen LogP contribution in [-0.4, -0.2) is 205 Å². The number of carbonyl (C=O) groups excluding carboxylic acids is 4. The summed E-state index contributed by atoms with van der Waals surface area (Å²) in [6.07, 6.45) is 27.9. The zero-order valence-electron chi connectivity index (χ0n) is 72.6. The lowest BCUT2D eigenvalue weighted by Gasteiger charge is -2.50. The standard InChI is InChI=1S/C90H167O25P/c1-5-9-13-17-21-25-29-33-35-37-41-43-47-51-55-59-63-74(93)107-69-72-78(97)80(99)84(103)90(111-72)114-87-85(112-76(95)65-61-57-53-49-45-39-32-28-24-20-16-12-8-4)81(100)82(101)86(113-89-83(102)79(98)77(96)71(66-91)110-89)88(87)115-116(104,105)108-68-70(109-75(94)64-60-56-52-48-44-38-31-27-23-19-15-11-7-3)67-106-73(92)62-58-54-50-46-42-40-36-34-30-26-22-18-14-10-6-2/h39,45,70-72,77-91,96-103H,5-38,40-44,46-69H2,1-4H3,(H,104,105)/b45-39-. The van der Waals surface area contributed by atoms with Crippen molar-refractivity contribution < 1.29 is 122 Å². The first-order valence-corrected chi connectivity index (χ1v) is 48.4. The number of phosphoric acid groups is 1. The average molecular weight is 1680 g/mol. The lowest BCUT2D eigenvalue weighted by molar-refractivity contribution is -0.360. The zero-order chi connectivity index (χ0) is 84.7. The Bertz CT molecular complexity index is 2460. The van der Waals surface area contributed by atoms with E-state index >= 15 is 0 Å². The lowest BCUT2D eigenvalue weighted by Crippen LogP contribution is -2.70. The summed E-state index contributed by atoms with van der Waals surface area (Å²) in [6, 6.07) is 0. The molecule has 3 rings (SSSR count). The summed E-state index contributed by atoms with van der Waals surface area (Å²) >= 11 is 0. The number of hydrogen-bond donors (Lipinski definition) is 10. The number of ether oxygens (including phenoxy) is 8. The van der Waals surface area contributed by atoms with Gasteiger partial charge in [-0.1, -0.05) is 342 Å². The van der Waals surface area contributed by atoms with Crippen LogP contribution in [0.25, 0.3) is 0 Å². The minimum atomic E-state index is -5.80. The molecule has 0 aromatic heterocycles. The van der Waals surface area contributed by atoms with Crippen LogP contribution < -0.4 is 0 Å². The van der Waals surface area contributed by atoms with Crippen LogP contribution in [-0.2, 0) is 70.7 Å². The molecule has 10 N–H and O–H groups in total. The summed E-state index contributed by atoms with van der Waals surface area (Å²) in [6.45, 7) is 5.60. The molecule has 1 aliphatic carbocycles. The van der Waals surface area contributed by atoms with Gasteiger partial charge in [0.2, 0.25) is 0 Å². The molecule has 0 radical (unpaired) electrons. The van der Waals surface area contributed by atoms with Crippen molar-refractivity contribution in [3.05, 3.63) is 12.2 Å². The quantitative estimate of drug-likeness (QED) is 0.00889. The van der Waals surface area contributed by atoms with Gasteiger partial charge in [0, 0.05) is 25.7 Å². The second-order valence-corrected chi connectivity index (χ2v) is 34.9. The minimum absolute atomic E-state index is 0.0175. The molecule has 0 bridgehead atoms. The molecule has 18 atom stereocenters. The van der Waals surface area contributed by atoms with Gasteiger partial charge < -0.3 is 88.7 Å². The zero-order valence-corrected chi connectivity index (χ0v) is 73.5. The van der Waals surface area contributed by atoms with Crippen LogP contribution in [0.1, 0.15) is 407 Å². The highest BCUT2D eigenvalue weighted by Gasteiger charge is 2.60. The molecule has 682 valence electrons. The molecule has 26 heteroatoms. The molecule has 116 heavy (non-hydrogen) atoms. The summed E-state index contributed by atoms with van der Waals surface area (Å²) in [5.41, 5.74) is 0. The van der Waals surface area contributed by atoms with Crippen molar-refractivity contribution >= 4 is 31.7 Å². The number of carbonyl (C=O) groups is 4. The maximum Gasteiger partial charge on any atom is 0.472 e. The van der Waals surface area contributed by atoms with Crippen LogP contribution in [0.5, 0.6) is 0 Å². The topological polar surface area (TPSA) is 380 Å². The first kappa shape index (κ1) is 107. The summed E-state index contributed by atoms with van der Waals surface area (Å²) in [5, 5.41) is 102. The monoisotopic (exact) mass is 1680 g/mol. The van der Waals surface area contributed by atoms with Crippen LogP contribution in [0.4, 0.5) is 0 Å². The van der Waals surface area contributed by atoms with E-state index in [4.69, 9.17) is 46.9 Å². The SMILES string of the molecule is CCCCCCCC/C=C\CCCCCC(=O)OC1C(O)C(O)C(OC2OC(CO)C(O)C(O)C2O)C(OP(=O)(O)OCC(COC(=O)CCCCCCCCCCCCCCCCC)OC(=O)CCCCCCCCCCCCCCC)C1OC1OC(COC(=O)CCCCCCCCCCCCCCCCCC)C(O)C(O)C1O. The van der Waals surface area contributed by atoms with Crippen molar-refractivity contribution in [2.24, 2.45) is 0 Å². The van der Waals surface area contributed by atoms with Gasteiger partial charge in [-0.25, -0.2) is 4.57 Å². The van der Waals surface area contributed by atoms with Gasteiger partial charge in [-0.2, -0.15) is 0 Å². The first-order valence-electron chi connectivity index (χ1n) is 46.9. The summed E-state index contributed by atoms with van der Waals surface area (Å²) in [5.74, 6) is -2.97. The van der Waals surface area contributed by atoms with Crippen molar-refractivity contribution in [3.63, 3.8) is 0 Å². The fraction of sp³-hybridized carbons (Fsp3) is 0.933. The van der Waals surface area contributed by atoms with Crippen molar-refractivity contribution in [2.75, 3.05) is 26.4 Å². The average Bonchev–Trinajstić information content (AvgIpc) is 0.754. The van der Waals surface area contributed by atoms with Crippen molar-refractivity contribution in [1.29, 1.82) is 0 Å². The highest BCUT2D eigenvalue weighted by Crippen LogP contribution is 2.49. The fourth-order valence-electron chi connectivity index (χ4n) is 15.5. The Labute approximate surface area is 699 Å². The van der Waals surface area contributed by atoms with E-state index in [0.717, 1.165) is 122 Å². The van der Waals surface area contributed by atoms with Crippen LogP contribution in [0, 0.1) is 0 Å². The van der Waals surface area contributed by atoms with Gasteiger partial charge in [-0.05, 0) is 51.4 Å². The highest BCUT2D eigenvalue weighted by molar-refractivity contribution is 7.47. The van der Waals surface area contributed by atoms with E-state index in [1.165, 1.54) is 193 Å². The number of hydrogen-bond acceptors (Lipinski definition) is 24. The van der Waals surface area contributed by atoms with E-state index < -0.39 is 162 Å². The molecule has 3 aliphatic rings. The van der Waals surface area contributed by atoms with Gasteiger partial charge in [-0.15, -0.1) is 0 Å². The molecule has 2 heterocycles. The Morgan fingerprint density at radius 3 is 1.03 bits per heavy atom. The summed E-state index contributed by atoms with van der Waals surface area (Å²) in [7, 11) is -5.80. The smallest absolute Gasteiger partial charge is 0.463 e. The van der Waals surface area contributed by atoms with Crippen LogP contribution in [0.2, 0.25) is 0 Å². The molecule has 0 aromatic carbocycles. The number of rotatable bonds is 76. The van der Waals surface area contributed by atoms with Crippen LogP contribution >= 0.6 is 7.82 Å². The molecule has 2 aliphatic heterocycles. The Kier molecular flexibility index (Phi) is 64.4. The Morgan fingerprint density at radius 2 is 0.647 bits per heavy atom. The largest absolute Gasteiger partial charge is 0.472 e. The molecular weight excluding hydrogens is 1510 g/mol. The van der Waals surface area contributed by atoms with E-state index in [1.807, 2.05) is 0 Å². The van der Waals surface area contributed by atoms with Gasteiger partial charge in [0.25, 0.3) is 0 Å². The number of aliphatic hydroxyl groups is 9. The maximum absolute atomic E-state index is 14.9. The molecular formula is C90H167O25P. The van der Waals surface area contributed by atoms with Gasteiger partial charge in [0.15, 0.2) is 24.8 Å². The lowest BCUT2D eigenvalue weighted by atomic mass is 9.84. The third kappa shape index (κ3) is 49.5. The molecule has 0 spiro atoms. The minimum Gasteiger partial charge on any atom is -0.463 e. The van der Waals surface area contributed by atoms with E-state index in [0.29, 0.717) is 32.1 Å². The normalized spacial score (nSPS) is 25.2. The second kappa shape index (κ2) is 69.6. The molecule has 25 nitrogen and oxygen atoms in total. The van der Waals surface area contributed by atoms with Crippen LogP contribution in [0.15, 0.2) is 12.2 Å². The predicted molar refractivity (Wildman–Crippen MR) is 449 cm³/mol. The Hall–Kier alpha value is -2.79. The molecule has 0 aromatic rings. The van der Waals surface area contributed by atoms with E-state index in [1.54, 1.807) is 0 Å². The molecule has 0 amide bonds. The first-order chi connectivity index (χ1) is 56.2. The summed E-state index contributed by atoms with van der Waals surface area (Å²) in [4.78, 5) is 66.4. The fourth-order valence-corrected chi connectivity index (χ4v) is 16.5. The number of phosphoric ester groups is 1. The van der Waals surface area contributed by atoms with Gasteiger partial charge in [0.1, 0.15) is 92.6 Å². The van der Waals surface area contributed by atoms with E-state index in [9.17, 15) is 74.6 Å². The third-order valence-corrected chi connectivity index (χ3v) is 24.0. The second-order valence-electron chi connectivity index (χ2n) is 33.5. The van der Waals surface area contributed by atoms with Gasteiger partial charge in [-0.3, -0.25) is 28.2 Å². The molecule has 18 unspecified atom stereocenters. The molecule has 1 saturated carbocycles. The van der Waals surface area contributed by atoms with E-state index in [2.05, 4.69) is 39.8 Å². The van der Waals surface area contributed by atoms with Gasteiger partial charge >= 0.3 is 31.7 Å². The highest BCUT2D eigenvalue weighted by atomic mass is 31.2. The number of esters is 4. The van der Waals surface area contributed by atoms with E-state index in [-0.39, 0.29) is 32.1 Å². The summed E-state index contributed by atoms with van der Waals surface area (Å²) < 4.78 is 73.4. The van der Waals surface area contributed by atoms with Crippen LogP contribution in [0.3, 0.4) is 0 Å². The molecule has 2 saturated heterocycles. The predicted octanol–water partition coefficient (Wildman–Crippen LogP) is 17.2. The Morgan fingerprint density at radius 1 is 0.336 bits per heavy atom. The van der Waals surface area contributed by atoms with Crippen molar-refractivity contribution in [2.45, 2.75) is 511 Å². The third-order valence-electron chi connectivity index (χ3n) is 23.0. The maximum atomic E-state index is 14.9. The van der Waals surface area contributed by atoms with Crippen molar-refractivity contribution in [1.82, 2.24) is 0 Å². The Balaban J connectivity index is 1.91. The van der Waals surface area contributed by atoms with Crippen molar-refractivity contribution in [3.8, 4) is 0 Å².